The number of benzene rings is 1. The van der Waals surface area contributed by atoms with Crippen molar-refractivity contribution < 1.29 is 9.26 Å². The maximum atomic E-state index is 5.50. The minimum absolute atomic E-state index is 0.380. The molecule has 5 heteroatoms. The van der Waals surface area contributed by atoms with Crippen molar-refractivity contribution in [3.8, 4) is 11.5 Å². The third-order valence-corrected chi connectivity index (χ3v) is 2.54. The molecule has 1 heterocycles. The molecule has 5 nitrogen and oxygen atoms in total. The molecule has 0 aliphatic rings. The molecule has 2 N–H and O–H groups in total. The summed E-state index contributed by atoms with van der Waals surface area (Å²) >= 11 is 0. The third-order valence-electron chi connectivity index (χ3n) is 2.54. The molecule has 0 saturated carbocycles. The Bertz CT molecular complexity index is 479. The number of nitrogens with two attached hydrogens (primary N) is 1. The van der Waals surface area contributed by atoms with Crippen LogP contribution in [0.5, 0.6) is 0 Å². The van der Waals surface area contributed by atoms with Gasteiger partial charge in [0.25, 0.3) is 5.89 Å². The number of ether oxygens (including phenoxy) is 1. The zero-order valence-corrected chi connectivity index (χ0v) is 10.4. The van der Waals surface area contributed by atoms with Gasteiger partial charge in [0.2, 0.25) is 0 Å². The van der Waals surface area contributed by atoms with Gasteiger partial charge in [0.05, 0.1) is 0 Å². The van der Waals surface area contributed by atoms with E-state index in [0.717, 1.165) is 12.0 Å². The summed E-state index contributed by atoms with van der Waals surface area (Å²) in [5.74, 6) is 1.09. The fraction of sp³-hybridized carbons (Fsp3) is 0.385. The molecule has 0 radical (unpaired) electrons. The lowest BCUT2D eigenvalue weighted by molar-refractivity contribution is 0.126. The summed E-state index contributed by atoms with van der Waals surface area (Å²) in [7, 11) is 0. The van der Waals surface area contributed by atoms with Gasteiger partial charge in [-0.15, -0.1) is 0 Å². The average molecular weight is 247 g/mol. The Morgan fingerprint density at radius 1 is 1.28 bits per heavy atom. The van der Waals surface area contributed by atoms with Crippen molar-refractivity contribution >= 4 is 0 Å². The molecular weight excluding hydrogens is 230 g/mol. The lowest BCUT2D eigenvalue weighted by Crippen LogP contribution is -2.02. The highest BCUT2D eigenvalue weighted by atomic mass is 16.5. The molecule has 2 rings (SSSR count). The van der Waals surface area contributed by atoms with Crippen LogP contribution < -0.4 is 5.73 Å². The third kappa shape index (κ3) is 3.15. The van der Waals surface area contributed by atoms with E-state index in [1.807, 2.05) is 31.2 Å². The van der Waals surface area contributed by atoms with Crippen LogP contribution in [0.1, 0.15) is 18.3 Å². The molecular formula is C13H17N3O2. The normalized spacial score (nSPS) is 10.8. The average Bonchev–Trinajstić information content (AvgIpc) is 2.86. The van der Waals surface area contributed by atoms with E-state index in [2.05, 4.69) is 10.1 Å². The van der Waals surface area contributed by atoms with Crippen LogP contribution in [-0.2, 0) is 17.8 Å². The van der Waals surface area contributed by atoms with Crippen molar-refractivity contribution in [3.05, 3.63) is 35.7 Å². The molecule has 1 aromatic heterocycles. The van der Waals surface area contributed by atoms with Crippen LogP contribution in [0.4, 0.5) is 0 Å². The summed E-state index contributed by atoms with van der Waals surface area (Å²) < 4.78 is 10.4. The molecule has 0 unspecified atom stereocenters. The van der Waals surface area contributed by atoms with Gasteiger partial charge in [-0.3, -0.25) is 0 Å². The topological polar surface area (TPSA) is 74.2 Å². The van der Waals surface area contributed by atoms with Gasteiger partial charge >= 0.3 is 0 Å². The maximum absolute atomic E-state index is 5.50. The van der Waals surface area contributed by atoms with Crippen LogP contribution in [0.3, 0.4) is 0 Å². The molecule has 18 heavy (non-hydrogen) atoms. The largest absolute Gasteiger partial charge is 0.374 e. The van der Waals surface area contributed by atoms with Gasteiger partial charge in [-0.2, -0.15) is 4.98 Å². The molecule has 96 valence electrons. The Balaban J connectivity index is 2.08. The summed E-state index contributed by atoms with van der Waals surface area (Å²) in [6.07, 6.45) is 0.875. The van der Waals surface area contributed by atoms with Crippen LogP contribution in [-0.4, -0.2) is 23.3 Å². The first-order chi connectivity index (χ1) is 8.83. The van der Waals surface area contributed by atoms with Crippen molar-refractivity contribution in [2.24, 2.45) is 5.73 Å². The van der Waals surface area contributed by atoms with Gasteiger partial charge in [0.15, 0.2) is 5.82 Å². The minimum atomic E-state index is 0.380. The smallest absolute Gasteiger partial charge is 0.258 e. The molecule has 0 saturated heterocycles. The fourth-order valence-corrected chi connectivity index (χ4v) is 1.60. The number of aromatic nitrogens is 2. The Hall–Kier alpha value is -1.72. The first kappa shape index (κ1) is 12.7. The quantitative estimate of drug-likeness (QED) is 0.842. The molecule has 0 spiro atoms. The van der Waals surface area contributed by atoms with Crippen LogP contribution in [0, 0.1) is 0 Å². The van der Waals surface area contributed by atoms with E-state index < -0.39 is 0 Å². The van der Waals surface area contributed by atoms with Crippen molar-refractivity contribution in [1.82, 2.24) is 10.1 Å². The highest BCUT2D eigenvalue weighted by molar-refractivity contribution is 5.53. The summed E-state index contributed by atoms with van der Waals surface area (Å²) in [5, 5.41) is 3.86. The lowest BCUT2D eigenvalue weighted by atomic mass is 10.1. The van der Waals surface area contributed by atoms with E-state index >= 15 is 0 Å². The second kappa shape index (κ2) is 6.28. The van der Waals surface area contributed by atoms with E-state index in [1.54, 1.807) is 0 Å². The van der Waals surface area contributed by atoms with Crippen molar-refractivity contribution in [3.63, 3.8) is 0 Å². The van der Waals surface area contributed by atoms with Crippen LogP contribution in [0.25, 0.3) is 11.5 Å². The van der Waals surface area contributed by atoms with E-state index in [9.17, 15) is 0 Å². The summed E-state index contributed by atoms with van der Waals surface area (Å²) in [6, 6.07) is 7.97. The lowest BCUT2D eigenvalue weighted by Gasteiger charge is -1.99. The second-order valence-corrected chi connectivity index (χ2v) is 3.89. The number of hydrogen-bond donors (Lipinski definition) is 1. The Kier molecular flexibility index (Phi) is 4.44. The van der Waals surface area contributed by atoms with Gasteiger partial charge in [-0.1, -0.05) is 17.3 Å². The van der Waals surface area contributed by atoms with Gasteiger partial charge in [0, 0.05) is 12.2 Å². The highest BCUT2D eigenvalue weighted by Crippen LogP contribution is 2.18. The van der Waals surface area contributed by atoms with Crippen molar-refractivity contribution in [2.75, 3.05) is 13.2 Å². The highest BCUT2D eigenvalue weighted by Gasteiger charge is 2.08. The van der Waals surface area contributed by atoms with E-state index in [1.165, 1.54) is 5.56 Å². The Morgan fingerprint density at radius 3 is 2.72 bits per heavy atom. The van der Waals surface area contributed by atoms with E-state index in [4.69, 9.17) is 15.0 Å². The van der Waals surface area contributed by atoms with Gasteiger partial charge in [-0.05, 0) is 37.6 Å². The van der Waals surface area contributed by atoms with Gasteiger partial charge in [-0.25, -0.2) is 0 Å². The Labute approximate surface area is 106 Å². The number of hydrogen-bond acceptors (Lipinski definition) is 5. The maximum Gasteiger partial charge on any atom is 0.258 e. The summed E-state index contributed by atoms with van der Waals surface area (Å²) in [5.41, 5.74) is 7.62. The summed E-state index contributed by atoms with van der Waals surface area (Å²) in [6.45, 7) is 3.60. The molecule has 0 bridgehead atoms. The Morgan fingerprint density at radius 2 is 2.06 bits per heavy atom. The number of nitrogens with zero attached hydrogens (tertiary/aromatic N) is 2. The molecule has 0 fully saturated rings. The molecule has 1 aromatic carbocycles. The van der Waals surface area contributed by atoms with Gasteiger partial charge < -0.3 is 15.0 Å². The zero-order chi connectivity index (χ0) is 12.8. The fourth-order valence-electron chi connectivity index (χ4n) is 1.60. The van der Waals surface area contributed by atoms with E-state index in [-0.39, 0.29) is 0 Å². The van der Waals surface area contributed by atoms with Crippen molar-refractivity contribution in [2.45, 2.75) is 20.0 Å². The first-order valence-corrected chi connectivity index (χ1v) is 6.03. The van der Waals surface area contributed by atoms with Crippen LogP contribution in [0.15, 0.2) is 28.8 Å². The number of rotatable bonds is 6. The zero-order valence-electron chi connectivity index (χ0n) is 10.4. The molecule has 2 aromatic rings. The predicted molar refractivity (Wildman–Crippen MR) is 67.8 cm³/mol. The molecule has 0 aliphatic heterocycles. The summed E-state index contributed by atoms with van der Waals surface area (Å²) in [4.78, 5) is 4.27. The SMILES string of the molecule is CCOCc1noc(-c2ccc(CCN)cc2)n1. The van der Waals surface area contributed by atoms with Crippen LogP contribution in [0.2, 0.25) is 0 Å². The minimum Gasteiger partial charge on any atom is -0.374 e. The first-order valence-electron chi connectivity index (χ1n) is 6.03. The van der Waals surface area contributed by atoms with Gasteiger partial charge in [0.1, 0.15) is 6.61 Å². The molecule has 0 amide bonds. The van der Waals surface area contributed by atoms with Crippen LogP contribution >= 0.6 is 0 Å². The molecule has 0 atom stereocenters. The van der Waals surface area contributed by atoms with E-state index in [0.29, 0.717) is 31.5 Å². The predicted octanol–water partition coefficient (Wildman–Crippen LogP) is 1.77. The van der Waals surface area contributed by atoms with Crippen molar-refractivity contribution in [1.29, 1.82) is 0 Å². The standard InChI is InChI=1S/C13H17N3O2/c1-2-17-9-12-15-13(18-16-12)11-5-3-10(4-6-11)7-8-14/h3-6H,2,7-9,14H2,1H3. The molecule has 0 aliphatic carbocycles. The second-order valence-electron chi connectivity index (χ2n) is 3.89. The monoisotopic (exact) mass is 247 g/mol.